The van der Waals surface area contributed by atoms with Crippen molar-refractivity contribution in [3.05, 3.63) is 48.2 Å². The van der Waals surface area contributed by atoms with Crippen molar-refractivity contribution in [2.24, 2.45) is 0 Å². The Morgan fingerprint density at radius 1 is 0.905 bits per heavy atom. The summed E-state index contributed by atoms with van der Waals surface area (Å²) in [6.07, 6.45) is 0. The molecule has 21 heavy (non-hydrogen) atoms. The van der Waals surface area contributed by atoms with Crippen LogP contribution >= 0.6 is 63.7 Å². The van der Waals surface area contributed by atoms with E-state index < -0.39 is 10.0 Å². The van der Waals surface area contributed by atoms with Gasteiger partial charge >= 0.3 is 0 Å². The third kappa shape index (κ3) is 4.01. The number of rotatable bonds is 3. The summed E-state index contributed by atoms with van der Waals surface area (Å²) in [4.78, 5) is 0.116. The molecule has 0 spiro atoms. The van der Waals surface area contributed by atoms with E-state index in [1.54, 1.807) is 12.1 Å². The monoisotopic (exact) mass is 560 g/mol. The highest BCUT2D eigenvalue weighted by atomic mass is 79.9. The first kappa shape index (κ1) is 17.3. The molecule has 0 aliphatic carbocycles. The molecular weight excluding hydrogens is 556 g/mol. The first-order valence-corrected chi connectivity index (χ1v) is 10.1. The minimum absolute atomic E-state index is 0.116. The molecular formula is C12H8Br4N2O2S. The molecule has 0 aliphatic heterocycles. The summed E-state index contributed by atoms with van der Waals surface area (Å²) in [7, 11) is -3.72. The van der Waals surface area contributed by atoms with E-state index >= 15 is 0 Å². The van der Waals surface area contributed by atoms with E-state index in [0.717, 1.165) is 4.47 Å². The van der Waals surface area contributed by atoms with E-state index in [0.29, 0.717) is 24.8 Å². The highest BCUT2D eigenvalue weighted by Gasteiger charge is 2.18. The molecule has 0 aromatic heterocycles. The van der Waals surface area contributed by atoms with E-state index in [1.165, 1.54) is 18.2 Å². The number of nitrogens with two attached hydrogens (primary N) is 1. The average molecular weight is 564 g/mol. The zero-order valence-electron chi connectivity index (χ0n) is 10.2. The number of benzene rings is 2. The van der Waals surface area contributed by atoms with Crippen LogP contribution in [0.4, 0.5) is 11.4 Å². The highest BCUT2D eigenvalue weighted by Crippen LogP contribution is 2.36. The second-order valence-corrected chi connectivity index (χ2v) is 9.19. The Hall–Kier alpha value is -0.0900. The average Bonchev–Trinajstić information content (AvgIpc) is 2.37. The van der Waals surface area contributed by atoms with Gasteiger partial charge in [0.2, 0.25) is 0 Å². The summed E-state index contributed by atoms with van der Waals surface area (Å²) < 4.78 is 30.0. The smallest absolute Gasteiger partial charge is 0.262 e. The summed E-state index contributed by atoms with van der Waals surface area (Å²) in [5, 5.41) is 0. The van der Waals surface area contributed by atoms with Gasteiger partial charge in [0.25, 0.3) is 10.0 Å². The van der Waals surface area contributed by atoms with Gasteiger partial charge in [0.1, 0.15) is 0 Å². The van der Waals surface area contributed by atoms with Crippen LogP contribution in [0.3, 0.4) is 0 Å². The number of anilines is 2. The standard InChI is InChI=1S/C12H8Br4N2O2S/c13-6-3-9(15)12(10(16)4-6)18-21(19,20)7-1-2-11(17)8(14)5-7/h1-5,18H,17H2. The Balaban J connectivity index is 2.44. The van der Waals surface area contributed by atoms with Gasteiger partial charge in [-0.3, -0.25) is 4.72 Å². The second-order valence-electron chi connectivity index (χ2n) is 4.03. The van der Waals surface area contributed by atoms with Gasteiger partial charge in [-0.15, -0.1) is 0 Å². The molecule has 0 saturated heterocycles. The molecule has 4 nitrogen and oxygen atoms in total. The third-order valence-electron chi connectivity index (χ3n) is 2.53. The Kier molecular flexibility index (Phi) is 5.40. The first-order valence-electron chi connectivity index (χ1n) is 5.43. The molecule has 0 bridgehead atoms. The SMILES string of the molecule is Nc1ccc(S(=O)(=O)Nc2c(Br)cc(Br)cc2Br)cc1Br. The maximum atomic E-state index is 12.4. The van der Waals surface area contributed by atoms with Gasteiger partial charge in [-0.2, -0.15) is 0 Å². The van der Waals surface area contributed by atoms with Crippen LogP contribution in [-0.4, -0.2) is 8.42 Å². The van der Waals surface area contributed by atoms with E-state index in [9.17, 15) is 8.42 Å². The normalized spacial score (nSPS) is 11.4. The van der Waals surface area contributed by atoms with Crippen LogP contribution in [-0.2, 0) is 10.0 Å². The zero-order valence-corrected chi connectivity index (χ0v) is 17.4. The van der Waals surface area contributed by atoms with Crippen LogP contribution < -0.4 is 10.5 Å². The predicted octanol–water partition coefficient (Wildman–Crippen LogP) is 5.12. The van der Waals surface area contributed by atoms with Gasteiger partial charge in [0.15, 0.2) is 0 Å². The molecule has 2 aromatic carbocycles. The summed E-state index contributed by atoms with van der Waals surface area (Å²) in [6.45, 7) is 0. The van der Waals surface area contributed by atoms with Crippen molar-refractivity contribution >= 4 is 85.1 Å². The topological polar surface area (TPSA) is 72.2 Å². The number of nitrogen functional groups attached to an aromatic ring is 1. The van der Waals surface area contributed by atoms with Crippen LogP contribution in [0, 0.1) is 0 Å². The number of hydrogen-bond donors (Lipinski definition) is 2. The van der Waals surface area contributed by atoms with Gasteiger partial charge in [0, 0.05) is 23.6 Å². The Labute approximate surface area is 156 Å². The molecule has 0 unspecified atom stereocenters. The van der Waals surface area contributed by atoms with Gasteiger partial charge in [-0.1, -0.05) is 15.9 Å². The highest BCUT2D eigenvalue weighted by molar-refractivity contribution is 9.11. The minimum Gasteiger partial charge on any atom is -0.398 e. The summed E-state index contributed by atoms with van der Waals surface area (Å²) in [5.41, 5.74) is 6.56. The molecule has 3 N–H and O–H groups in total. The lowest BCUT2D eigenvalue weighted by atomic mass is 10.3. The maximum absolute atomic E-state index is 12.4. The summed E-state index contributed by atoms with van der Waals surface area (Å²) in [5.74, 6) is 0. The zero-order chi connectivity index (χ0) is 15.8. The number of hydrogen-bond acceptors (Lipinski definition) is 3. The van der Waals surface area contributed by atoms with Crippen LogP contribution in [0.25, 0.3) is 0 Å². The van der Waals surface area contributed by atoms with Crippen molar-refractivity contribution in [3.8, 4) is 0 Å². The van der Waals surface area contributed by atoms with Crippen LogP contribution in [0.2, 0.25) is 0 Å². The largest absolute Gasteiger partial charge is 0.398 e. The molecule has 9 heteroatoms. The Morgan fingerprint density at radius 3 is 2.00 bits per heavy atom. The molecule has 0 amide bonds. The lowest BCUT2D eigenvalue weighted by Gasteiger charge is -2.13. The lowest BCUT2D eigenvalue weighted by molar-refractivity contribution is 0.601. The van der Waals surface area contributed by atoms with Gasteiger partial charge < -0.3 is 5.73 Å². The quantitative estimate of drug-likeness (QED) is 0.509. The van der Waals surface area contributed by atoms with E-state index in [2.05, 4.69) is 68.4 Å². The van der Waals surface area contributed by atoms with Gasteiger partial charge in [-0.25, -0.2) is 8.42 Å². The molecule has 112 valence electrons. The molecule has 0 radical (unpaired) electrons. The van der Waals surface area contributed by atoms with Gasteiger partial charge in [-0.05, 0) is 78.1 Å². The maximum Gasteiger partial charge on any atom is 0.262 e. The molecule has 0 atom stereocenters. The van der Waals surface area contributed by atoms with Crippen molar-refractivity contribution in [1.82, 2.24) is 0 Å². The fourth-order valence-electron chi connectivity index (χ4n) is 1.51. The van der Waals surface area contributed by atoms with Crippen molar-refractivity contribution in [2.75, 3.05) is 10.5 Å². The molecule has 0 heterocycles. The fraction of sp³-hybridized carbons (Fsp3) is 0. The van der Waals surface area contributed by atoms with Crippen molar-refractivity contribution in [1.29, 1.82) is 0 Å². The van der Waals surface area contributed by atoms with Crippen LogP contribution in [0.1, 0.15) is 0 Å². The van der Waals surface area contributed by atoms with Crippen LogP contribution in [0.15, 0.2) is 53.1 Å². The fourth-order valence-corrected chi connectivity index (χ4v) is 5.88. The van der Waals surface area contributed by atoms with Crippen molar-refractivity contribution in [3.63, 3.8) is 0 Å². The first-order chi connectivity index (χ1) is 9.70. The molecule has 2 aromatic rings. The van der Waals surface area contributed by atoms with E-state index in [4.69, 9.17) is 5.73 Å². The van der Waals surface area contributed by atoms with Gasteiger partial charge in [0.05, 0.1) is 10.6 Å². The van der Waals surface area contributed by atoms with Crippen LogP contribution in [0.5, 0.6) is 0 Å². The molecule has 2 rings (SSSR count). The number of halogens is 4. The van der Waals surface area contributed by atoms with E-state index in [1.807, 2.05) is 0 Å². The minimum atomic E-state index is -3.72. The Morgan fingerprint density at radius 2 is 1.48 bits per heavy atom. The molecule has 0 fully saturated rings. The van der Waals surface area contributed by atoms with Crippen molar-refractivity contribution in [2.45, 2.75) is 4.90 Å². The lowest BCUT2D eigenvalue weighted by Crippen LogP contribution is -2.14. The summed E-state index contributed by atoms with van der Waals surface area (Å²) in [6, 6.07) is 7.94. The molecule has 0 aliphatic rings. The number of nitrogens with one attached hydrogen (secondary N) is 1. The Bertz CT molecular complexity index is 786. The number of sulfonamides is 1. The second kappa shape index (κ2) is 6.57. The third-order valence-corrected chi connectivity index (χ3v) is 6.27. The van der Waals surface area contributed by atoms with Crippen molar-refractivity contribution < 1.29 is 8.42 Å². The van der Waals surface area contributed by atoms with E-state index in [-0.39, 0.29) is 4.90 Å². The predicted molar refractivity (Wildman–Crippen MR) is 98.9 cm³/mol. The summed E-state index contributed by atoms with van der Waals surface area (Å²) >= 11 is 13.2. The molecule has 0 saturated carbocycles.